The van der Waals surface area contributed by atoms with Crippen LogP contribution >= 0.6 is 11.6 Å². The van der Waals surface area contributed by atoms with E-state index in [0.717, 1.165) is 5.56 Å². The van der Waals surface area contributed by atoms with E-state index in [0.29, 0.717) is 27.6 Å². The molecule has 0 heterocycles. The average molecular weight is 380 g/mol. The van der Waals surface area contributed by atoms with Crippen LogP contribution in [0, 0.1) is 6.92 Å². The zero-order valence-corrected chi connectivity index (χ0v) is 15.4. The predicted octanol–water partition coefficient (Wildman–Crippen LogP) is 5.54. The minimum absolute atomic E-state index is 0.184. The summed E-state index contributed by atoms with van der Waals surface area (Å²) in [6.07, 6.45) is 0. The van der Waals surface area contributed by atoms with E-state index in [1.807, 2.05) is 19.1 Å². The van der Waals surface area contributed by atoms with Gasteiger partial charge in [-0.15, -0.1) is 0 Å². The first-order valence-electron chi connectivity index (χ1n) is 8.31. The second-order valence-corrected chi connectivity index (χ2v) is 6.42. The van der Waals surface area contributed by atoms with Gasteiger partial charge in [-0.25, -0.2) is 4.79 Å². The zero-order valence-electron chi connectivity index (χ0n) is 14.6. The summed E-state index contributed by atoms with van der Waals surface area (Å²) >= 11 is 5.82. The Morgan fingerprint density at radius 1 is 0.667 bits per heavy atom. The molecule has 0 bridgehead atoms. The van der Waals surface area contributed by atoms with Crippen molar-refractivity contribution >= 4 is 40.6 Å². The number of benzene rings is 3. The molecule has 0 spiro atoms. The number of anilines is 3. The van der Waals surface area contributed by atoms with Crippen molar-refractivity contribution in [3.05, 3.63) is 88.9 Å². The van der Waals surface area contributed by atoms with Crippen LogP contribution in [0.5, 0.6) is 0 Å². The molecule has 0 unspecified atom stereocenters. The second-order valence-electron chi connectivity index (χ2n) is 5.98. The molecule has 0 fully saturated rings. The number of rotatable bonds is 4. The standard InChI is InChI=1S/C21H18ClN3O2/c1-14-2-4-15(5-3-14)20(26)23-17-10-12-19(13-11-17)25-21(27)24-18-8-6-16(22)7-9-18/h2-13H,1H3,(H,23,26)(H2,24,25,27). The third-order valence-corrected chi connectivity index (χ3v) is 4.07. The Kier molecular flexibility index (Phi) is 5.74. The quantitative estimate of drug-likeness (QED) is 0.556. The average Bonchev–Trinajstić information content (AvgIpc) is 2.66. The van der Waals surface area contributed by atoms with E-state index >= 15 is 0 Å². The monoisotopic (exact) mass is 379 g/mol. The number of halogens is 1. The van der Waals surface area contributed by atoms with Crippen LogP contribution in [0.25, 0.3) is 0 Å². The molecule has 0 aliphatic carbocycles. The zero-order chi connectivity index (χ0) is 19.2. The Morgan fingerprint density at radius 2 is 1.11 bits per heavy atom. The molecule has 3 N–H and O–H groups in total. The molecule has 0 aliphatic rings. The predicted molar refractivity (Wildman–Crippen MR) is 110 cm³/mol. The van der Waals surface area contributed by atoms with Crippen LogP contribution in [-0.2, 0) is 0 Å². The van der Waals surface area contributed by atoms with Crippen molar-refractivity contribution in [3.63, 3.8) is 0 Å². The highest BCUT2D eigenvalue weighted by Crippen LogP contribution is 2.17. The minimum Gasteiger partial charge on any atom is -0.322 e. The fraction of sp³-hybridized carbons (Fsp3) is 0.0476. The summed E-state index contributed by atoms with van der Waals surface area (Å²) in [7, 11) is 0. The van der Waals surface area contributed by atoms with Crippen LogP contribution < -0.4 is 16.0 Å². The van der Waals surface area contributed by atoms with E-state index < -0.39 is 0 Å². The molecule has 27 heavy (non-hydrogen) atoms. The first-order valence-corrected chi connectivity index (χ1v) is 8.69. The van der Waals surface area contributed by atoms with Gasteiger partial charge >= 0.3 is 6.03 Å². The molecule has 0 aliphatic heterocycles. The molecule has 0 saturated carbocycles. The topological polar surface area (TPSA) is 70.2 Å². The lowest BCUT2D eigenvalue weighted by Crippen LogP contribution is -2.19. The fourth-order valence-corrected chi connectivity index (χ4v) is 2.50. The molecule has 6 heteroatoms. The van der Waals surface area contributed by atoms with Gasteiger partial charge in [0.05, 0.1) is 0 Å². The molecular formula is C21H18ClN3O2. The Bertz CT molecular complexity index is 937. The van der Waals surface area contributed by atoms with Gasteiger partial charge in [-0.05, 0) is 67.6 Å². The molecule has 3 aromatic rings. The highest BCUT2D eigenvalue weighted by molar-refractivity contribution is 6.30. The van der Waals surface area contributed by atoms with Crippen molar-refractivity contribution in [2.75, 3.05) is 16.0 Å². The Labute approximate surface area is 162 Å². The molecule has 0 saturated heterocycles. The second kappa shape index (κ2) is 8.38. The first kappa shape index (κ1) is 18.5. The van der Waals surface area contributed by atoms with Crippen molar-refractivity contribution in [3.8, 4) is 0 Å². The number of amides is 3. The van der Waals surface area contributed by atoms with Gasteiger partial charge in [-0.1, -0.05) is 29.3 Å². The SMILES string of the molecule is Cc1ccc(C(=O)Nc2ccc(NC(=O)Nc3ccc(Cl)cc3)cc2)cc1. The third-order valence-electron chi connectivity index (χ3n) is 3.82. The molecule has 0 radical (unpaired) electrons. The van der Waals surface area contributed by atoms with Gasteiger partial charge in [0.25, 0.3) is 5.91 Å². The van der Waals surface area contributed by atoms with Gasteiger partial charge in [0, 0.05) is 27.6 Å². The molecule has 5 nitrogen and oxygen atoms in total. The largest absolute Gasteiger partial charge is 0.323 e. The molecule has 3 amide bonds. The lowest BCUT2D eigenvalue weighted by atomic mass is 10.1. The smallest absolute Gasteiger partial charge is 0.322 e. The number of hydrogen-bond acceptors (Lipinski definition) is 2. The Hall–Kier alpha value is -3.31. The lowest BCUT2D eigenvalue weighted by molar-refractivity contribution is 0.102. The third kappa shape index (κ3) is 5.33. The number of carbonyl (C=O) groups excluding carboxylic acids is 2. The van der Waals surface area contributed by atoms with E-state index in [1.54, 1.807) is 60.7 Å². The number of nitrogens with one attached hydrogen (secondary N) is 3. The first-order chi connectivity index (χ1) is 13.0. The molecule has 136 valence electrons. The van der Waals surface area contributed by atoms with E-state index in [9.17, 15) is 9.59 Å². The number of hydrogen-bond donors (Lipinski definition) is 3. The van der Waals surface area contributed by atoms with Crippen molar-refractivity contribution in [1.29, 1.82) is 0 Å². The van der Waals surface area contributed by atoms with E-state index in [4.69, 9.17) is 11.6 Å². The molecule has 0 atom stereocenters. The Balaban J connectivity index is 1.56. The van der Waals surface area contributed by atoms with Crippen molar-refractivity contribution < 1.29 is 9.59 Å². The maximum absolute atomic E-state index is 12.2. The van der Waals surface area contributed by atoms with Crippen LogP contribution in [0.1, 0.15) is 15.9 Å². The number of aryl methyl sites for hydroxylation is 1. The fourth-order valence-electron chi connectivity index (χ4n) is 2.37. The van der Waals surface area contributed by atoms with Crippen LogP contribution in [0.3, 0.4) is 0 Å². The summed E-state index contributed by atoms with van der Waals surface area (Å²) < 4.78 is 0. The molecule has 3 rings (SSSR count). The highest BCUT2D eigenvalue weighted by Gasteiger charge is 2.07. The molecule has 3 aromatic carbocycles. The Morgan fingerprint density at radius 3 is 1.63 bits per heavy atom. The van der Waals surface area contributed by atoms with Crippen LogP contribution in [0.4, 0.5) is 21.9 Å². The van der Waals surface area contributed by atoms with Crippen molar-refractivity contribution in [1.82, 2.24) is 0 Å². The maximum atomic E-state index is 12.2. The summed E-state index contributed by atoms with van der Waals surface area (Å²) in [4.78, 5) is 24.2. The van der Waals surface area contributed by atoms with Gasteiger partial charge in [0.2, 0.25) is 0 Å². The van der Waals surface area contributed by atoms with Crippen molar-refractivity contribution in [2.24, 2.45) is 0 Å². The number of carbonyl (C=O) groups is 2. The van der Waals surface area contributed by atoms with E-state index in [2.05, 4.69) is 16.0 Å². The lowest BCUT2D eigenvalue weighted by Gasteiger charge is -2.09. The summed E-state index contributed by atoms with van der Waals surface area (Å²) in [5, 5.41) is 8.86. The summed E-state index contributed by atoms with van der Waals surface area (Å²) in [5.41, 5.74) is 3.57. The summed E-state index contributed by atoms with van der Waals surface area (Å²) in [5.74, 6) is -0.184. The minimum atomic E-state index is -0.367. The van der Waals surface area contributed by atoms with Gasteiger partial charge < -0.3 is 16.0 Å². The van der Waals surface area contributed by atoms with Crippen LogP contribution in [0.2, 0.25) is 5.02 Å². The van der Waals surface area contributed by atoms with Crippen LogP contribution in [-0.4, -0.2) is 11.9 Å². The van der Waals surface area contributed by atoms with Gasteiger partial charge in [0.1, 0.15) is 0 Å². The van der Waals surface area contributed by atoms with E-state index in [1.165, 1.54) is 0 Å². The molecule has 0 aromatic heterocycles. The molecular weight excluding hydrogens is 362 g/mol. The van der Waals surface area contributed by atoms with Crippen LogP contribution in [0.15, 0.2) is 72.8 Å². The number of urea groups is 1. The maximum Gasteiger partial charge on any atom is 0.323 e. The van der Waals surface area contributed by atoms with Gasteiger partial charge in [-0.2, -0.15) is 0 Å². The van der Waals surface area contributed by atoms with Crippen molar-refractivity contribution in [2.45, 2.75) is 6.92 Å². The normalized spacial score (nSPS) is 10.1. The summed E-state index contributed by atoms with van der Waals surface area (Å²) in [6, 6.07) is 20.7. The van der Waals surface area contributed by atoms with Gasteiger partial charge in [0.15, 0.2) is 0 Å². The van der Waals surface area contributed by atoms with E-state index in [-0.39, 0.29) is 11.9 Å². The van der Waals surface area contributed by atoms with Gasteiger partial charge in [-0.3, -0.25) is 4.79 Å². The summed E-state index contributed by atoms with van der Waals surface area (Å²) in [6.45, 7) is 1.97. The highest BCUT2D eigenvalue weighted by atomic mass is 35.5.